The lowest BCUT2D eigenvalue weighted by atomic mass is 9.78. The molecule has 3 aliphatic rings. The van der Waals surface area contributed by atoms with Gasteiger partial charge < -0.3 is 20.2 Å². The maximum Gasteiger partial charge on any atom is 0.269 e. The van der Waals surface area contributed by atoms with E-state index in [1.807, 2.05) is 6.07 Å². The lowest BCUT2D eigenvalue weighted by Crippen LogP contribution is -2.50. The summed E-state index contributed by atoms with van der Waals surface area (Å²) < 4.78 is 0. The number of hydrogen-bond donors (Lipinski definition) is 2. The maximum atomic E-state index is 13.4. The Labute approximate surface area is 166 Å². The molecule has 1 atom stereocenters. The highest BCUT2D eigenvalue weighted by Crippen LogP contribution is 2.43. The van der Waals surface area contributed by atoms with Crippen molar-refractivity contribution < 1.29 is 14.7 Å². The van der Waals surface area contributed by atoms with Crippen LogP contribution in [0, 0.1) is 5.41 Å². The van der Waals surface area contributed by atoms with Gasteiger partial charge in [-0.05, 0) is 57.1 Å². The second kappa shape index (κ2) is 7.70. The fourth-order valence-electron chi connectivity index (χ4n) is 5.13. The topological polar surface area (TPSA) is 85.8 Å². The standard InChI is InChI=1S/C21H30N4O3/c1-22-19(27)18-8-5-16(13-23-18)24-11-2-9-21(14-24)10-12-25(20(21)28)15-3-6-17(26)7-4-15/h5,8,13,15,17,26H,2-4,6-7,9-12,14H2,1H3,(H,22,27)/t15?,17?,21-/m1/s1. The molecule has 3 fully saturated rings. The number of rotatable bonds is 3. The first kappa shape index (κ1) is 19.2. The molecule has 1 aromatic rings. The molecule has 28 heavy (non-hydrogen) atoms. The molecule has 0 radical (unpaired) electrons. The third kappa shape index (κ3) is 3.48. The van der Waals surface area contributed by atoms with Crippen LogP contribution in [0.1, 0.15) is 55.4 Å². The summed E-state index contributed by atoms with van der Waals surface area (Å²) in [5.41, 5.74) is 1.08. The van der Waals surface area contributed by atoms with Crippen LogP contribution in [0.4, 0.5) is 5.69 Å². The number of anilines is 1. The van der Waals surface area contributed by atoms with E-state index in [0.717, 1.165) is 70.3 Å². The predicted molar refractivity (Wildman–Crippen MR) is 106 cm³/mol. The second-order valence-corrected chi connectivity index (χ2v) is 8.50. The number of aliphatic hydroxyl groups is 1. The Kier molecular flexibility index (Phi) is 5.27. The Morgan fingerprint density at radius 3 is 2.68 bits per heavy atom. The van der Waals surface area contributed by atoms with Crippen molar-refractivity contribution in [3.05, 3.63) is 24.0 Å². The van der Waals surface area contributed by atoms with E-state index in [2.05, 4.69) is 20.1 Å². The third-order valence-electron chi connectivity index (χ3n) is 6.80. The van der Waals surface area contributed by atoms with Crippen molar-refractivity contribution in [2.24, 2.45) is 5.41 Å². The molecule has 152 valence electrons. The molecule has 2 amide bonds. The largest absolute Gasteiger partial charge is 0.393 e. The molecule has 1 aromatic heterocycles. The highest BCUT2D eigenvalue weighted by molar-refractivity contribution is 5.92. The van der Waals surface area contributed by atoms with Crippen molar-refractivity contribution >= 4 is 17.5 Å². The first-order valence-electron chi connectivity index (χ1n) is 10.4. The van der Waals surface area contributed by atoms with Gasteiger partial charge in [0.25, 0.3) is 5.91 Å². The quantitative estimate of drug-likeness (QED) is 0.824. The highest BCUT2D eigenvalue weighted by atomic mass is 16.3. The predicted octanol–water partition coefficient (Wildman–Crippen LogP) is 1.56. The summed E-state index contributed by atoms with van der Waals surface area (Å²) in [5.74, 6) is 0.106. The SMILES string of the molecule is CNC(=O)c1ccc(N2CCC[C@@]3(CCN(C4CCC(O)CC4)C3=O)C2)cn1. The minimum atomic E-state index is -0.298. The van der Waals surface area contributed by atoms with Gasteiger partial charge in [0, 0.05) is 32.7 Å². The van der Waals surface area contributed by atoms with Gasteiger partial charge in [0.2, 0.25) is 5.91 Å². The molecule has 4 rings (SSSR count). The Balaban J connectivity index is 1.46. The van der Waals surface area contributed by atoms with E-state index in [1.54, 1.807) is 19.3 Å². The van der Waals surface area contributed by atoms with E-state index in [-0.39, 0.29) is 17.4 Å². The third-order valence-corrected chi connectivity index (χ3v) is 6.80. The molecule has 7 nitrogen and oxygen atoms in total. The van der Waals surface area contributed by atoms with Crippen molar-refractivity contribution in [3.8, 4) is 0 Å². The summed E-state index contributed by atoms with van der Waals surface area (Å²) in [5, 5.41) is 12.4. The number of aromatic nitrogens is 1. The van der Waals surface area contributed by atoms with Gasteiger partial charge in [0.15, 0.2) is 0 Å². The van der Waals surface area contributed by atoms with Gasteiger partial charge >= 0.3 is 0 Å². The molecule has 2 saturated heterocycles. The van der Waals surface area contributed by atoms with Crippen molar-refractivity contribution in [1.29, 1.82) is 0 Å². The number of likely N-dealkylation sites (tertiary alicyclic amines) is 1. The average Bonchev–Trinajstić information content (AvgIpc) is 3.04. The molecular formula is C21H30N4O3. The zero-order chi connectivity index (χ0) is 19.7. The molecule has 0 bridgehead atoms. The van der Waals surface area contributed by atoms with E-state index in [0.29, 0.717) is 17.6 Å². The van der Waals surface area contributed by atoms with Crippen molar-refractivity contribution in [2.45, 2.75) is 57.1 Å². The molecular weight excluding hydrogens is 356 g/mol. The number of carbonyl (C=O) groups excluding carboxylic acids is 2. The van der Waals surface area contributed by atoms with Gasteiger partial charge in [0.1, 0.15) is 5.69 Å². The molecule has 0 unspecified atom stereocenters. The zero-order valence-electron chi connectivity index (χ0n) is 16.6. The Hall–Kier alpha value is -2.15. The van der Waals surface area contributed by atoms with Gasteiger partial charge in [0.05, 0.1) is 23.4 Å². The summed E-state index contributed by atoms with van der Waals surface area (Å²) >= 11 is 0. The first-order chi connectivity index (χ1) is 13.5. The molecule has 3 heterocycles. The Morgan fingerprint density at radius 2 is 2.00 bits per heavy atom. The fourth-order valence-corrected chi connectivity index (χ4v) is 5.13. The van der Waals surface area contributed by atoms with E-state index in [9.17, 15) is 14.7 Å². The van der Waals surface area contributed by atoms with Crippen LogP contribution >= 0.6 is 0 Å². The normalized spacial score (nSPS) is 30.7. The summed E-state index contributed by atoms with van der Waals surface area (Å²) in [6, 6.07) is 3.96. The van der Waals surface area contributed by atoms with Gasteiger partial charge in [-0.15, -0.1) is 0 Å². The lowest BCUT2D eigenvalue weighted by molar-refractivity contribution is -0.139. The number of pyridine rings is 1. The van der Waals surface area contributed by atoms with Crippen LogP contribution in [0.25, 0.3) is 0 Å². The smallest absolute Gasteiger partial charge is 0.269 e. The van der Waals surface area contributed by atoms with Crippen LogP contribution in [0.3, 0.4) is 0 Å². The number of aliphatic hydroxyl groups excluding tert-OH is 1. The monoisotopic (exact) mass is 386 g/mol. The van der Waals surface area contributed by atoms with Gasteiger partial charge in [-0.25, -0.2) is 4.98 Å². The van der Waals surface area contributed by atoms with E-state index in [1.165, 1.54) is 0 Å². The number of carbonyl (C=O) groups is 2. The molecule has 1 saturated carbocycles. The number of nitrogens with one attached hydrogen (secondary N) is 1. The summed E-state index contributed by atoms with van der Waals surface area (Å²) in [7, 11) is 1.59. The van der Waals surface area contributed by atoms with E-state index < -0.39 is 0 Å². The van der Waals surface area contributed by atoms with Crippen LogP contribution in [-0.4, -0.2) is 65.6 Å². The first-order valence-corrected chi connectivity index (χ1v) is 10.4. The minimum Gasteiger partial charge on any atom is -0.393 e. The minimum absolute atomic E-state index is 0.194. The average molecular weight is 386 g/mol. The number of nitrogens with zero attached hydrogens (tertiary/aromatic N) is 3. The van der Waals surface area contributed by atoms with Crippen molar-refractivity contribution in [1.82, 2.24) is 15.2 Å². The van der Waals surface area contributed by atoms with E-state index >= 15 is 0 Å². The second-order valence-electron chi connectivity index (χ2n) is 8.50. The fraction of sp³-hybridized carbons (Fsp3) is 0.667. The summed E-state index contributed by atoms with van der Waals surface area (Å²) in [4.78, 5) is 33.7. The molecule has 1 spiro atoms. The van der Waals surface area contributed by atoms with E-state index in [4.69, 9.17) is 0 Å². The lowest BCUT2D eigenvalue weighted by Gasteiger charge is -2.41. The van der Waals surface area contributed by atoms with Gasteiger partial charge in [-0.1, -0.05) is 0 Å². The van der Waals surface area contributed by atoms with Gasteiger partial charge in [-0.2, -0.15) is 0 Å². The number of amides is 2. The summed E-state index contributed by atoms with van der Waals surface area (Å²) in [6.45, 7) is 2.46. The van der Waals surface area contributed by atoms with Crippen LogP contribution in [0.2, 0.25) is 0 Å². The van der Waals surface area contributed by atoms with Gasteiger partial charge in [-0.3, -0.25) is 9.59 Å². The van der Waals surface area contributed by atoms with Crippen LogP contribution in [0.15, 0.2) is 18.3 Å². The molecule has 7 heteroatoms. The molecule has 2 N–H and O–H groups in total. The Bertz CT molecular complexity index is 730. The highest BCUT2D eigenvalue weighted by Gasteiger charge is 2.50. The maximum absolute atomic E-state index is 13.4. The molecule has 1 aliphatic carbocycles. The molecule has 0 aromatic carbocycles. The number of piperidine rings is 1. The van der Waals surface area contributed by atoms with Crippen molar-refractivity contribution in [2.75, 3.05) is 31.6 Å². The van der Waals surface area contributed by atoms with Crippen LogP contribution in [-0.2, 0) is 4.79 Å². The Morgan fingerprint density at radius 1 is 1.21 bits per heavy atom. The number of hydrogen-bond acceptors (Lipinski definition) is 5. The zero-order valence-corrected chi connectivity index (χ0v) is 16.6. The van der Waals surface area contributed by atoms with Crippen LogP contribution < -0.4 is 10.2 Å². The summed E-state index contributed by atoms with van der Waals surface area (Å²) in [6.07, 6.45) is 7.81. The van der Waals surface area contributed by atoms with Crippen molar-refractivity contribution in [3.63, 3.8) is 0 Å². The molecule has 2 aliphatic heterocycles. The van der Waals surface area contributed by atoms with Crippen LogP contribution in [0.5, 0.6) is 0 Å².